The molecule has 160 valence electrons. The second-order valence-electron chi connectivity index (χ2n) is 7.45. The Labute approximate surface area is 186 Å². The van der Waals surface area contributed by atoms with Crippen LogP contribution in [0.2, 0.25) is 5.02 Å². The lowest BCUT2D eigenvalue weighted by Gasteiger charge is -2.41. The molecule has 0 amide bonds. The van der Waals surface area contributed by atoms with E-state index in [0.29, 0.717) is 44.8 Å². The quantitative estimate of drug-likeness (QED) is 0.450. The first-order valence-corrected chi connectivity index (χ1v) is 10.4. The highest BCUT2D eigenvalue weighted by atomic mass is 35.5. The molecular formula is C21H17ClN8O2. The number of anilines is 1. The molecule has 1 aliphatic heterocycles. The van der Waals surface area contributed by atoms with E-state index in [-0.39, 0.29) is 11.6 Å². The number of hydrogen-bond donors (Lipinski definition) is 1. The van der Waals surface area contributed by atoms with Crippen molar-refractivity contribution in [2.45, 2.75) is 12.5 Å². The summed E-state index contributed by atoms with van der Waals surface area (Å²) in [5.41, 5.74) is 2.05. The lowest BCUT2D eigenvalue weighted by Crippen LogP contribution is -2.45. The van der Waals surface area contributed by atoms with Crippen LogP contribution in [0.5, 0.6) is 5.75 Å². The number of nitrogens with one attached hydrogen (secondary N) is 1. The molecule has 32 heavy (non-hydrogen) atoms. The normalized spacial score (nSPS) is 15.9. The minimum atomic E-state index is -0.252. The maximum Gasteiger partial charge on any atom is 0.284 e. The summed E-state index contributed by atoms with van der Waals surface area (Å²) in [6.07, 6.45) is 5.59. The maximum absolute atomic E-state index is 13.6. The predicted molar refractivity (Wildman–Crippen MR) is 119 cm³/mol. The highest BCUT2D eigenvalue weighted by Gasteiger charge is 2.36. The van der Waals surface area contributed by atoms with E-state index in [9.17, 15) is 4.79 Å². The van der Waals surface area contributed by atoms with Gasteiger partial charge in [0.1, 0.15) is 23.1 Å². The van der Waals surface area contributed by atoms with Crippen molar-refractivity contribution in [1.82, 2.24) is 34.1 Å². The lowest BCUT2D eigenvalue weighted by molar-refractivity contribution is 0.412. The van der Waals surface area contributed by atoms with E-state index in [0.717, 1.165) is 13.0 Å². The number of rotatable bonds is 4. The second kappa shape index (κ2) is 7.06. The van der Waals surface area contributed by atoms with Crippen molar-refractivity contribution in [3.05, 3.63) is 70.4 Å². The van der Waals surface area contributed by atoms with Gasteiger partial charge in [-0.05, 0) is 24.6 Å². The third-order valence-electron chi connectivity index (χ3n) is 5.76. The van der Waals surface area contributed by atoms with Crippen molar-refractivity contribution >= 4 is 34.1 Å². The Morgan fingerprint density at radius 1 is 1.22 bits per heavy atom. The zero-order chi connectivity index (χ0) is 21.8. The summed E-state index contributed by atoms with van der Waals surface area (Å²) in [4.78, 5) is 31.8. The highest BCUT2D eigenvalue weighted by molar-refractivity contribution is 6.33. The summed E-state index contributed by atoms with van der Waals surface area (Å²) >= 11 is 6.32. The maximum atomic E-state index is 13.6. The van der Waals surface area contributed by atoms with E-state index >= 15 is 0 Å². The zero-order valence-corrected chi connectivity index (χ0v) is 17.7. The van der Waals surface area contributed by atoms with Gasteiger partial charge >= 0.3 is 0 Å². The van der Waals surface area contributed by atoms with Crippen LogP contribution in [0.4, 0.5) is 5.82 Å². The number of benzene rings is 1. The van der Waals surface area contributed by atoms with Gasteiger partial charge in [0, 0.05) is 18.8 Å². The summed E-state index contributed by atoms with van der Waals surface area (Å²) < 4.78 is 8.52. The second-order valence-corrected chi connectivity index (χ2v) is 7.86. The summed E-state index contributed by atoms with van der Waals surface area (Å²) in [5, 5.41) is 5.15. The molecule has 0 aliphatic carbocycles. The number of ether oxygens (including phenoxy) is 1. The van der Waals surface area contributed by atoms with Gasteiger partial charge in [0.25, 0.3) is 5.56 Å². The van der Waals surface area contributed by atoms with Crippen LogP contribution < -0.4 is 15.2 Å². The molecule has 5 heterocycles. The average Bonchev–Trinajstić information content (AvgIpc) is 3.40. The molecule has 4 aromatic heterocycles. The van der Waals surface area contributed by atoms with Crippen LogP contribution >= 0.6 is 11.6 Å². The molecule has 5 aromatic rings. The molecule has 6 rings (SSSR count). The third kappa shape index (κ3) is 2.69. The molecule has 10 nitrogen and oxygen atoms in total. The van der Waals surface area contributed by atoms with Crippen molar-refractivity contribution in [2.75, 3.05) is 18.6 Å². The number of halogens is 1. The summed E-state index contributed by atoms with van der Waals surface area (Å²) in [5.74, 6) is 1.92. The molecule has 0 spiro atoms. The topological polar surface area (TPSA) is 106 Å². The van der Waals surface area contributed by atoms with Gasteiger partial charge in [-0.3, -0.25) is 9.36 Å². The Balaban J connectivity index is 1.57. The summed E-state index contributed by atoms with van der Waals surface area (Å²) in [6, 6.07) is 8.80. The van der Waals surface area contributed by atoms with E-state index in [2.05, 4.69) is 24.8 Å². The molecule has 0 unspecified atom stereocenters. The van der Waals surface area contributed by atoms with Gasteiger partial charge in [-0.25, -0.2) is 19.5 Å². The number of nitrogens with zero attached hydrogens (tertiary/aromatic N) is 7. The van der Waals surface area contributed by atoms with Crippen LogP contribution in [-0.4, -0.2) is 47.8 Å². The minimum absolute atomic E-state index is 0.186. The fourth-order valence-corrected chi connectivity index (χ4v) is 4.36. The smallest absolute Gasteiger partial charge is 0.284 e. The zero-order valence-electron chi connectivity index (χ0n) is 16.9. The number of methoxy groups -OCH3 is 1. The fraction of sp³-hybridized carbons (Fsp3) is 0.190. The van der Waals surface area contributed by atoms with Crippen LogP contribution in [0.15, 0.2) is 54.0 Å². The first-order chi connectivity index (χ1) is 15.7. The van der Waals surface area contributed by atoms with Crippen molar-refractivity contribution < 1.29 is 4.74 Å². The Kier molecular flexibility index (Phi) is 4.15. The first kappa shape index (κ1) is 18.8. The largest absolute Gasteiger partial charge is 0.497 e. The van der Waals surface area contributed by atoms with Crippen molar-refractivity contribution in [3.63, 3.8) is 0 Å². The van der Waals surface area contributed by atoms with Crippen molar-refractivity contribution in [1.29, 1.82) is 0 Å². The molecule has 1 aliphatic rings. The number of aromatic amines is 1. The van der Waals surface area contributed by atoms with Gasteiger partial charge in [-0.15, -0.1) is 0 Å². The summed E-state index contributed by atoms with van der Waals surface area (Å²) in [6.45, 7) is 0.752. The SMILES string of the molecule is COc1cccc(-n2c([C@@H]3CCN3c3ncnc4[nH]cnc34)nn3ccc(Cl)c3c2=O)c1. The number of aromatic nitrogens is 7. The third-order valence-corrected chi connectivity index (χ3v) is 6.07. The molecule has 0 saturated carbocycles. The molecule has 0 radical (unpaired) electrons. The number of fused-ring (bicyclic) bond motifs is 2. The Morgan fingerprint density at radius 3 is 2.94 bits per heavy atom. The van der Waals surface area contributed by atoms with Gasteiger partial charge in [0.05, 0.1) is 30.2 Å². The number of H-pyrrole nitrogens is 1. The van der Waals surface area contributed by atoms with E-state index in [4.69, 9.17) is 21.4 Å². The Bertz CT molecular complexity index is 1540. The monoisotopic (exact) mass is 448 g/mol. The van der Waals surface area contributed by atoms with Crippen LogP contribution in [0.25, 0.3) is 22.4 Å². The minimum Gasteiger partial charge on any atom is -0.497 e. The number of hydrogen-bond acceptors (Lipinski definition) is 7. The first-order valence-electron chi connectivity index (χ1n) is 10.0. The van der Waals surface area contributed by atoms with Gasteiger partial charge in [0.2, 0.25) is 0 Å². The van der Waals surface area contributed by atoms with Crippen molar-refractivity contribution in [2.24, 2.45) is 0 Å². The molecule has 11 heteroatoms. The van der Waals surface area contributed by atoms with Gasteiger partial charge in [0.15, 0.2) is 17.3 Å². The highest BCUT2D eigenvalue weighted by Crippen LogP contribution is 2.38. The Hall–Kier alpha value is -3.92. The lowest BCUT2D eigenvalue weighted by atomic mass is 10.0. The van der Waals surface area contributed by atoms with Crippen LogP contribution in [-0.2, 0) is 0 Å². The van der Waals surface area contributed by atoms with E-state index < -0.39 is 0 Å². The summed E-state index contributed by atoms with van der Waals surface area (Å²) in [7, 11) is 1.59. The van der Waals surface area contributed by atoms with Crippen molar-refractivity contribution in [3.8, 4) is 11.4 Å². The van der Waals surface area contributed by atoms with Crippen LogP contribution in [0.1, 0.15) is 18.3 Å². The van der Waals surface area contributed by atoms with Crippen LogP contribution in [0.3, 0.4) is 0 Å². The van der Waals surface area contributed by atoms with Gasteiger partial charge < -0.3 is 14.6 Å². The molecule has 1 fully saturated rings. The standard InChI is InChI=1S/C21H17ClN8O2/c1-32-13-4-2-3-12(9-13)30-19(27-29-8-5-14(22)17(29)21(30)31)15-6-7-28(15)20-16-18(24-10-23-16)25-11-26-20/h2-5,8-11,15H,6-7H2,1H3,(H,23,24,25,26)/t15-/m0/s1. The van der Waals surface area contributed by atoms with Gasteiger partial charge in [-0.1, -0.05) is 17.7 Å². The van der Waals surface area contributed by atoms with E-state index in [1.54, 1.807) is 36.3 Å². The molecule has 1 atom stereocenters. The number of imidazole rings is 1. The molecule has 1 aromatic carbocycles. The average molecular weight is 449 g/mol. The van der Waals surface area contributed by atoms with Crippen LogP contribution in [0, 0.1) is 0 Å². The Morgan fingerprint density at radius 2 is 2.12 bits per heavy atom. The molecule has 0 bridgehead atoms. The van der Waals surface area contributed by atoms with E-state index in [1.165, 1.54) is 10.8 Å². The van der Waals surface area contributed by atoms with E-state index in [1.807, 2.05) is 18.2 Å². The molecule has 1 saturated heterocycles. The predicted octanol–water partition coefficient (Wildman–Crippen LogP) is 2.76. The fourth-order valence-electron chi connectivity index (χ4n) is 4.13. The molecular weight excluding hydrogens is 432 g/mol. The molecule has 1 N–H and O–H groups in total. The van der Waals surface area contributed by atoms with Gasteiger partial charge in [-0.2, -0.15) is 5.10 Å².